The smallest absolute Gasteiger partial charge is 0.274 e. The summed E-state index contributed by atoms with van der Waals surface area (Å²) < 4.78 is 19.6. The van der Waals surface area contributed by atoms with Crippen molar-refractivity contribution in [3.05, 3.63) is 117 Å². The normalized spacial score (nSPS) is 23.8. The summed E-state index contributed by atoms with van der Waals surface area (Å²) in [5.41, 5.74) is 11.7. The van der Waals surface area contributed by atoms with E-state index in [1.54, 1.807) is 12.1 Å². The minimum absolute atomic E-state index is 0.0260. The standard InChI is InChI=1S/C24H30FN3O.C24H39N3O.C23H31N3O/c1-23(2)15-12-13-24(3,14-15)22(23)26-21(29)20-18-6-4-5-7-19(18)28(27-20)17-10-8-16(25)9-11-17;1-3-26(18(2)19-12-6-4-7-13-19)24(28)23-21-16-10-11-17-22(21)27(25-23)20-14-8-5-9-15-20;1-17(19-12-6-3-7-13-19)24-23(27)22-20-14-8-9-15-21(20)26(25-22)16-18-10-4-2-5-11-18/h8-11,15,22H,4-7,12-14H2,1-3H3,(H,26,29);18-20H,3-17H2,1-2H3;2,4-5,10-11,17,19H,3,6-9,12-16H2,1H3,(H,24,27)/t15?,22-,24?;18-;17-/m110/s1. The van der Waals surface area contributed by atoms with E-state index in [9.17, 15) is 18.8 Å². The van der Waals surface area contributed by atoms with Crippen molar-refractivity contribution in [3.63, 3.8) is 0 Å². The molecule has 0 aliphatic heterocycles. The predicted molar refractivity (Wildman–Crippen MR) is 332 cm³/mol. The highest BCUT2D eigenvalue weighted by Gasteiger charge is 2.60. The number of fused-ring (bicyclic) bond motifs is 5. The van der Waals surface area contributed by atoms with Crippen molar-refractivity contribution in [3.8, 4) is 5.69 Å². The number of benzene rings is 2. The minimum atomic E-state index is -0.264. The summed E-state index contributed by atoms with van der Waals surface area (Å²) in [6, 6.07) is 18.0. The van der Waals surface area contributed by atoms with Gasteiger partial charge in [-0.15, -0.1) is 0 Å². The van der Waals surface area contributed by atoms with Gasteiger partial charge in [0.25, 0.3) is 17.7 Å². The van der Waals surface area contributed by atoms with Crippen molar-refractivity contribution in [1.82, 2.24) is 44.9 Å². The first-order valence-electron chi connectivity index (χ1n) is 33.7. The highest BCUT2D eigenvalue weighted by molar-refractivity contribution is 5.95. The first-order chi connectivity index (χ1) is 40.7. The number of aromatic nitrogens is 6. The lowest BCUT2D eigenvalue weighted by atomic mass is 9.68. The fourth-order valence-electron chi connectivity index (χ4n) is 17.3. The quantitative estimate of drug-likeness (QED) is 0.121. The average Bonchev–Trinajstić information content (AvgIpc) is 2.01. The Labute approximate surface area is 501 Å². The maximum absolute atomic E-state index is 13.7. The molecule has 2 unspecified atom stereocenters. The van der Waals surface area contributed by atoms with Crippen LogP contribution in [0, 0.1) is 34.4 Å². The Morgan fingerprint density at radius 3 is 1.80 bits per heavy atom. The molecule has 5 aromatic rings. The van der Waals surface area contributed by atoms with Crippen LogP contribution in [-0.2, 0) is 45.1 Å². The van der Waals surface area contributed by atoms with E-state index in [0.717, 1.165) is 93.5 Å². The lowest BCUT2D eigenvalue weighted by molar-refractivity contribution is 0.0603. The molecule has 3 amide bonds. The number of hydrogen-bond donors (Lipinski definition) is 2. The summed E-state index contributed by atoms with van der Waals surface area (Å²) in [5, 5.41) is 21.3. The molecular weight excluding hydrogens is 1050 g/mol. The van der Waals surface area contributed by atoms with Crippen LogP contribution in [0.25, 0.3) is 5.69 Å². The van der Waals surface area contributed by atoms with E-state index in [1.807, 2.05) is 10.7 Å². The van der Waals surface area contributed by atoms with Crippen molar-refractivity contribution in [2.24, 2.45) is 28.6 Å². The van der Waals surface area contributed by atoms with Gasteiger partial charge < -0.3 is 15.5 Å². The Balaban J connectivity index is 0.000000132. The third-order valence-corrected chi connectivity index (χ3v) is 22.1. The molecular formula is C71H100FN9O3. The van der Waals surface area contributed by atoms with Crippen LogP contribution in [0.15, 0.2) is 54.6 Å². The number of nitrogens with zero attached hydrogens (tertiary/aromatic N) is 7. The van der Waals surface area contributed by atoms with E-state index in [0.29, 0.717) is 41.2 Å². The third-order valence-electron chi connectivity index (χ3n) is 22.1. The Morgan fingerprint density at radius 1 is 0.619 bits per heavy atom. The molecule has 2 bridgehead atoms. The Morgan fingerprint density at radius 2 is 1.18 bits per heavy atom. The third kappa shape index (κ3) is 12.8. The first-order valence-corrected chi connectivity index (χ1v) is 33.7. The number of halogens is 1. The highest BCUT2D eigenvalue weighted by Crippen LogP contribution is 2.62. The number of amides is 3. The van der Waals surface area contributed by atoms with Crippen molar-refractivity contribution in [1.29, 1.82) is 0 Å². The van der Waals surface area contributed by atoms with Crippen LogP contribution in [0.3, 0.4) is 0 Å². The van der Waals surface area contributed by atoms with Crippen LogP contribution in [0.4, 0.5) is 4.39 Å². The molecule has 13 rings (SSSR count). The molecule has 2 N–H and O–H groups in total. The van der Waals surface area contributed by atoms with Gasteiger partial charge in [-0.3, -0.25) is 23.7 Å². The Kier molecular flexibility index (Phi) is 19.0. The van der Waals surface area contributed by atoms with E-state index in [-0.39, 0.29) is 46.5 Å². The van der Waals surface area contributed by atoms with Gasteiger partial charge in [-0.25, -0.2) is 9.07 Å². The van der Waals surface area contributed by atoms with Gasteiger partial charge in [-0.05, 0) is 214 Å². The number of hydrogen-bond acceptors (Lipinski definition) is 6. The number of carbonyl (C=O) groups excluding carboxylic acids is 3. The summed E-state index contributed by atoms with van der Waals surface area (Å²) in [6.07, 6.45) is 36.0. The summed E-state index contributed by atoms with van der Waals surface area (Å²) in [6.45, 7) is 15.1. The molecule has 0 radical (unpaired) electrons. The van der Waals surface area contributed by atoms with Crippen LogP contribution in [0.2, 0.25) is 0 Å². The van der Waals surface area contributed by atoms with Gasteiger partial charge in [0.1, 0.15) is 5.82 Å². The van der Waals surface area contributed by atoms with Crippen molar-refractivity contribution in [2.75, 3.05) is 6.54 Å². The molecule has 0 saturated heterocycles. The van der Waals surface area contributed by atoms with Gasteiger partial charge in [0.2, 0.25) is 0 Å². The van der Waals surface area contributed by atoms with E-state index < -0.39 is 0 Å². The highest BCUT2D eigenvalue weighted by atomic mass is 19.1. The molecule has 8 aliphatic rings. The van der Waals surface area contributed by atoms with Gasteiger partial charge in [0.05, 0.1) is 18.3 Å². The monoisotopic (exact) mass is 1150 g/mol. The molecule has 5 atom stereocenters. The summed E-state index contributed by atoms with van der Waals surface area (Å²) in [5.74, 6) is 1.88. The zero-order chi connectivity index (χ0) is 58.5. The predicted octanol–water partition coefficient (Wildman–Crippen LogP) is 15.0. The van der Waals surface area contributed by atoms with Crippen LogP contribution in [0.5, 0.6) is 0 Å². The van der Waals surface area contributed by atoms with E-state index in [1.165, 1.54) is 175 Å². The maximum atomic E-state index is 13.7. The topological polar surface area (TPSA) is 132 Å². The lowest BCUT2D eigenvalue weighted by Gasteiger charge is -2.43. The zero-order valence-corrected chi connectivity index (χ0v) is 52.1. The van der Waals surface area contributed by atoms with E-state index in [2.05, 4.69) is 90.7 Å². The Bertz CT molecular complexity index is 3040. The van der Waals surface area contributed by atoms with Crippen molar-refractivity contribution < 1.29 is 18.8 Å². The van der Waals surface area contributed by atoms with E-state index in [4.69, 9.17) is 15.3 Å². The maximum Gasteiger partial charge on any atom is 0.274 e. The first kappa shape index (κ1) is 60.1. The molecule has 13 heteroatoms. The molecule has 3 heterocycles. The number of carbonyl (C=O) groups is 3. The average molecular weight is 1150 g/mol. The summed E-state index contributed by atoms with van der Waals surface area (Å²) in [4.78, 5) is 42.3. The van der Waals surface area contributed by atoms with Gasteiger partial charge in [-0.2, -0.15) is 15.3 Å². The van der Waals surface area contributed by atoms with Crippen LogP contribution in [-0.4, -0.2) is 76.6 Å². The molecule has 0 spiro atoms. The fraction of sp³-hybridized carbons (Fsp3) is 0.662. The largest absolute Gasteiger partial charge is 0.348 e. The molecule has 84 heavy (non-hydrogen) atoms. The molecule has 12 nitrogen and oxygen atoms in total. The summed E-state index contributed by atoms with van der Waals surface area (Å²) in [7, 11) is 0. The number of nitrogens with one attached hydrogen (secondary N) is 2. The second-order valence-electron chi connectivity index (χ2n) is 27.9. The zero-order valence-electron chi connectivity index (χ0n) is 52.1. The fourth-order valence-corrected chi connectivity index (χ4v) is 17.3. The second-order valence-corrected chi connectivity index (χ2v) is 27.9. The van der Waals surface area contributed by atoms with Gasteiger partial charge in [0.15, 0.2) is 17.1 Å². The van der Waals surface area contributed by atoms with Crippen molar-refractivity contribution in [2.45, 2.75) is 265 Å². The SMILES string of the molecule is CC12CCC(C1)C(C)(C)[C@H]2NC(=O)c1nn(-c2ccc(F)cc2)c2c1CCCC2.CCN(C(=O)c1nn(C2CCCCC2)c2c1CCCC2)[C@H](C)C1CCCCC1.C[C@H](NC(=O)c1nn(Cc2ccccc2)c2c1CCCC2)C1CCCCC1. The van der Waals surface area contributed by atoms with Crippen LogP contribution >= 0.6 is 0 Å². The minimum Gasteiger partial charge on any atom is -0.348 e. The van der Waals surface area contributed by atoms with Crippen molar-refractivity contribution >= 4 is 17.7 Å². The number of rotatable bonds is 13. The molecule has 5 fully saturated rings. The molecule has 2 aromatic carbocycles. The van der Waals surface area contributed by atoms with Gasteiger partial charge in [0, 0.05) is 58.4 Å². The second kappa shape index (κ2) is 26.6. The molecule has 454 valence electrons. The lowest BCUT2D eigenvalue weighted by Crippen LogP contribution is -2.52. The van der Waals surface area contributed by atoms with Gasteiger partial charge in [-0.1, -0.05) is 109 Å². The summed E-state index contributed by atoms with van der Waals surface area (Å²) >= 11 is 0. The molecule has 5 saturated carbocycles. The molecule has 8 aliphatic carbocycles. The van der Waals surface area contributed by atoms with Crippen LogP contribution in [0.1, 0.15) is 272 Å². The molecule has 3 aromatic heterocycles. The van der Waals surface area contributed by atoms with Gasteiger partial charge >= 0.3 is 0 Å². The Hall–Kier alpha value is -5.59. The van der Waals surface area contributed by atoms with Crippen LogP contribution < -0.4 is 10.6 Å². The van der Waals surface area contributed by atoms with E-state index >= 15 is 0 Å².